The van der Waals surface area contributed by atoms with Crippen LogP contribution in [0, 0.1) is 10.1 Å². The predicted molar refractivity (Wildman–Crippen MR) is 118 cm³/mol. The van der Waals surface area contributed by atoms with Gasteiger partial charge in [-0.15, -0.1) is 0 Å². The minimum atomic E-state index is -3.81. The zero-order valence-corrected chi connectivity index (χ0v) is 18.6. The molecule has 0 saturated carbocycles. The second-order valence-corrected chi connectivity index (χ2v) is 8.60. The largest absolute Gasteiger partial charge is 0.420 e. The van der Waals surface area contributed by atoms with Crippen LogP contribution in [0.2, 0.25) is 5.02 Å². The zero-order chi connectivity index (χ0) is 22.4. The summed E-state index contributed by atoms with van der Waals surface area (Å²) < 4.78 is 30.0. The van der Waals surface area contributed by atoms with Gasteiger partial charge in [0.2, 0.25) is 17.2 Å². The average Bonchev–Trinajstić information content (AvgIpc) is 3.19. The number of aromatic nitrogens is 1. The van der Waals surface area contributed by atoms with Crippen LogP contribution in [0.5, 0.6) is 0 Å². The second kappa shape index (κ2) is 10.1. The van der Waals surface area contributed by atoms with E-state index in [0.717, 1.165) is 5.56 Å². The Morgan fingerprint density at radius 1 is 1.16 bits per heavy atom. The quantitative estimate of drug-likeness (QED) is 0.240. The van der Waals surface area contributed by atoms with Crippen molar-refractivity contribution < 1.29 is 23.0 Å². The molecule has 11 heteroatoms. The molecule has 3 aromatic rings. The van der Waals surface area contributed by atoms with Gasteiger partial charge in [-0.25, -0.2) is 0 Å². The number of non-ortho nitro benzene ring substituents is 1. The zero-order valence-electron chi connectivity index (χ0n) is 16.9. The summed E-state index contributed by atoms with van der Waals surface area (Å²) in [5, 5.41) is 14.7. The van der Waals surface area contributed by atoms with Crippen LogP contribution in [-0.4, -0.2) is 23.1 Å². The molecule has 3 rings (SSSR count). The fourth-order valence-electron chi connectivity index (χ4n) is 2.81. The summed E-state index contributed by atoms with van der Waals surface area (Å²) in [7, 11) is -3.81. The molecule has 1 N–H and O–H groups in total. The maximum absolute atomic E-state index is 13.4. The summed E-state index contributed by atoms with van der Waals surface area (Å²) in [5.41, 5.74) is 0.970. The van der Waals surface area contributed by atoms with Crippen LogP contribution in [0.15, 0.2) is 52.9 Å². The first kappa shape index (κ1) is 23.0. The van der Waals surface area contributed by atoms with E-state index in [0.29, 0.717) is 10.6 Å². The van der Waals surface area contributed by atoms with E-state index >= 15 is 0 Å². The Kier molecular flexibility index (Phi) is 7.46. The van der Waals surface area contributed by atoms with Crippen molar-refractivity contribution in [3.63, 3.8) is 0 Å². The molecule has 0 unspecified atom stereocenters. The summed E-state index contributed by atoms with van der Waals surface area (Å²) in [6.07, 6.45) is 0. The van der Waals surface area contributed by atoms with E-state index in [1.807, 2.05) is 18.2 Å². The van der Waals surface area contributed by atoms with Crippen molar-refractivity contribution in [3.8, 4) is 11.5 Å². The fourth-order valence-corrected chi connectivity index (χ4v) is 4.59. The molecule has 164 valence electrons. The van der Waals surface area contributed by atoms with Gasteiger partial charge in [-0.3, -0.25) is 14.7 Å². The highest BCUT2D eigenvalue weighted by atomic mass is 35.5. The van der Waals surface area contributed by atoms with Gasteiger partial charge >= 0.3 is 7.60 Å². The summed E-state index contributed by atoms with van der Waals surface area (Å²) in [5.74, 6) is 0.117. The smallest absolute Gasteiger partial charge is 0.385 e. The van der Waals surface area contributed by atoms with E-state index in [1.54, 1.807) is 26.0 Å². The molecule has 0 radical (unpaired) electrons. The highest BCUT2D eigenvalue weighted by molar-refractivity contribution is 7.62. The van der Waals surface area contributed by atoms with E-state index in [-0.39, 0.29) is 42.7 Å². The van der Waals surface area contributed by atoms with Gasteiger partial charge in [-0.1, -0.05) is 35.9 Å². The first-order valence-corrected chi connectivity index (χ1v) is 11.4. The van der Waals surface area contributed by atoms with Crippen LogP contribution >= 0.6 is 19.2 Å². The van der Waals surface area contributed by atoms with Gasteiger partial charge in [0.25, 0.3) is 5.69 Å². The van der Waals surface area contributed by atoms with Crippen molar-refractivity contribution >= 4 is 36.2 Å². The lowest BCUT2D eigenvalue weighted by atomic mass is 10.2. The highest BCUT2D eigenvalue weighted by Crippen LogP contribution is 2.49. The number of halogens is 1. The SMILES string of the molecule is CCOP(=O)(OCC)c1nc(-c2cccc([N+](=O)[O-])c2)oc1NCc1ccccc1Cl. The van der Waals surface area contributed by atoms with Gasteiger partial charge in [0.05, 0.1) is 18.1 Å². The number of nitrogens with one attached hydrogen (secondary N) is 1. The number of nitrogens with zero attached hydrogens (tertiary/aromatic N) is 2. The second-order valence-electron chi connectivity index (χ2n) is 6.26. The van der Waals surface area contributed by atoms with E-state index in [1.165, 1.54) is 18.2 Å². The van der Waals surface area contributed by atoms with Crippen molar-refractivity contribution in [2.45, 2.75) is 20.4 Å². The molecule has 0 aliphatic rings. The maximum Gasteiger partial charge on any atom is 0.385 e. The number of hydrogen-bond donors (Lipinski definition) is 1. The first-order chi connectivity index (χ1) is 14.9. The molecular weight excluding hydrogens is 445 g/mol. The Bertz CT molecular complexity index is 1110. The summed E-state index contributed by atoms with van der Waals surface area (Å²) >= 11 is 6.21. The highest BCUT2D eigenvalue weighted by Gasteiger charge is 2.36. The number of benzene rings is 2. The first-order valence-electron chi connectivity index (χ1n) is 9.50. The molecule has 2 aromatic carbocycles. The molecule has 9 nitrogen and oxygen atoms in total. The average molecular weight is 466 g/mol. The number of nitro benzene ring substituents is 1. The van der Waals surface area contributed by atoms with Crippen molar-refractivity contribution in [1.82, 2.24) is 4.98 Å². The Morgan fingerprint density at radius 2 is 1.87 bits per heavy atom. The molecular formula is C20H21ClN3O6P. The molecule has 0 spiro atoms. The van der Waals surface area contributed by atoms with Crippen LogP contribution in [0.3, 0.4) is 0 Å². The summed E-state index contributed by atoms with van der Waals surface area (Å²) in [4.78, 5) is 14.9. The standard InChI is InChI=1S/C20H21ClN3O6P/c1-3-28-31(27,29-4-2)20-19(22-13-15-8-5-6-11-17(15)21)30-18(23-20)14-9-7-10-16(12-14)24(25)26/h5-12,22H,3-4,13H2,1-2H3. The van der Waals surface area contributed by atoms with E-state index < -0.39 is 12.5 Å². The number of anilines is 1. The molecule has 0 aliphatic carbocycles. The van der Waals surface area contributed by atoms with Gasteiger partial charge in [0.1, 0.15) is 0 Å². The molecule has 1 heterocycles. The molecule has 0 atom stereocenters. The van der Waals surface area contributed by atoms with Gasteiger partial charge in [0, 0.05) is 29.3 Å². The summed E-state index contributed by atoms with van der Waals surface area (Å²) in [6.45, 7) is 3.88. The molecule has 31 heavy (non-hydrogen) atoms. The molecule has 1 aromatic heterocycles. The minimum Gasteiger partial charge on any atom is -0.420 e. The predicted octanol–water partition coefficient (Wildman–Crippen LogP) is 5.41. The maximum atomic E-state index is 13.4. The van der Waals surface area contributed by atoms with E-state index in [9.17, 15) is 14.7 Å². The number of nitro groups is 1. The number of hydrogen-bond acceptors (Lipinski definition) is 8. The van der Waals surface area contributed by atoms with Crippen LogP contribution in [0.1, 0.15) is 19.4 Å². The molecule has 0 saturated heterocycles. The van der Waals surface area contributed by atoms with E-state index in [2.05, 4.69) is 10.3 Å². The lowest BCUT2D eigenvalue weighted by molar-refractivity contribution is -0.384. The third-order valence-corrected chi connectivity index (χ3v) is 6.55. The monoisotopic (exact) mass is 465 g/mol. The van der Waals surface area contributed by atoms with Crippen molar-refractivity contribution in [2.24, 2.45) is 0 Å². The lowest BCUT2D eigenvalue weighted by Crippen LogP contribution is -2.16. The third kappa shape index (κ3) is 5.32. The van der Waals surface area contributed by atoms with Crippen LogP contribution in [0.25, 0.3) is 11.5 Å². The van der Waals surface area contributed by atoms with E-state index in [4.69, 9.17) is 25.1 Å². The van der Waals surface area contributed by atoms with Gasteiger partial charge in [-0.05, 0) is 31.5 Å². The van der Waals surface area contributed by atoms with Crippen LogP contribution in [0.4, 0.5) is 11.6 Å². The Balaban J connectivity index is 2.04. The number of oxazole rings is 1. The van der Waals surface area contributed by atoms with Crippen molar-refractivity contribution in [3.05, 3.63) is 69.2 Å². The van der Waals surface area contributed by atoms with Crippen molar-refractivity contribution in [1.29, 1.82) is 0 Å². The van der Waals surface area contributed by atoms with Gasteiger partial charge in [0.15, 0.2) is 0 Å². The Hall–Kier alpha value is -2.71. The minimum absolute atomic E-state index is 0.0373. The third-order valence-electron chi connectivity index (χ3n) is 4.17. The van der Waals surface area contributed by atoms with Gasteiger partial charge < -0.3 is 18.8 Å². The topological polar surface area (TPSA) is 117 Å². The fraction of sp³-hybridized carbons (Fsp3) is 0.250. The molecule has 0 amide bonds. The molecule has 0 bridgehead atoms. The van der Waals surface area contributed by atoms with Crippen LogP contribution < -0.4 is 10.8 Å². The van der Waals surface area contributed by atoms with Crippen LogP contribution in [-0.2, 0) is 20.2 Å². The normalized spacial score (nSPS) is 11.5. The van der Waals surface area contributed by atoms with Crippen molar-refractivity contribution in [2.75, 3.05) is 18.5 Å². The Morgan fingerprint density at radius 3 is 2.52 bits per heavy atom. The lowest BCUT2D eigenvalue weighted by Gasteiger charge is -2.15. The van der Waals surface area contributed by atoms with Gasteiger partial charge in [-0.2, -0.15) is 4.98 Å². The molecule has 0 fully saturated rings. The summed E-state index contributed by atoms with van der Waals surface area (Å²) in [6, 6.07) is 13.0. The molecule has 0 aliphatic heterocycles. The number of rotatable bonds is 10. The Labute approximate surface area is 184 Å².